The quantitative estimate of drug-likeness (QED) is 0.580. The van der Waals surface area contributed by atoms with Crippen molar-refractivity contribution in [1.82, 2.24) is 0 Å². The van der Waals surface area contributed by atoms with Crippen LogP contribution >= 0.6 is 0 Å². The Hall–Kier alpha value is -0.860. The van der Waals surface area contributed by atoms with Crippen LogP contribution in [0.4, 0.5) is 0 Å². The van der Waals surface area contributed by atoms with Gasteiger partial charge in [-0.2, -0.15) is 0 Å². The number of piperidine rings is 1. The summed E-state index contributed by atoms with van der Waals surface area (Å²) in [5.41, 5.74) is 1.64. The first kappa shape index (κ1) is 14.5. The SMILES string of the molecule is COC(=O)C(C)CC1CCCCC1=[N+]1CCCCC1. The van der Waals surface area contributed by atoms with Gasteiger partial charge in [-0.25, -0.2) is 4.58 Å². The van der Waals surface area contributed by atoms with Crippen LogP contribution in [0, 0.1) is 11.8 Å². The van der Waals surface area contributed by atoms with Gasteiger partial charge >= 0.3 is 5.97 Å². The smallest absolute Gasteiger partial charge is 0.308 e. The highest BCUT2D eigenvalue weighted by molar-refractivity contribution is 5.83. The average Bonchev–Trinajstić information content (AvgIpc) is 2.47. The molecule has 0 aromatic carbocycles. The number of carbonyl (C=O) groups is 1. The van der Waals surface area contributed by atoms with E-state index < -0.39 is 0 Å². The second kappa shape index (κ2) is 7.06. The van der Waals surface area contributed by atoms with Crippen LogP contribution in [0.25, 0.3) is 0 Å². The van der Waals surface area contributed by atoms with Crippen molar-refractivity contribution in [1.29, 1.82) is 0 Å². The zero-order valence-electron chi connectivity index (χ0n) is 12.5. The first-order valence-electron chi connectivity index (χ1n) is 7.91. The fourth-order valence-electron chi connectivity index (χ4n) is 3.64. The molecule has 0 aromatic heterocycles. The summed E-state index contributed by atoms with van der Waals surface area (Å²) in [5, 5.41) is 0. The van der Waals surface area contributed by atoms with E-state index in [1.807, 2.05) is 6.92 Å². The maximum atomic E-state index is 11.6. The number of hydrogen-bond donors (Lipinski definition) is 0. The normalized spacial score (nSPS) is 26.1. The van der Waals surface area contributed by atoms with Crippen LogP contribution < -0.4 is 0 Å². The highest BCUT2D eigenvalue weighted by Crippen LogP contribution is 2.28. The molecule has 2 fully saturated rings. The van der Waals surface area contributed by atoms with Crippen molar-refractivity contribution < 1.29 is 14.1 Å². The molecule has 1 heterocycles. The van der Waals surface area contributed by atoms with Crippen LogP contribution in [0.3, 0.4) is 0 Å². The average molecular weight is 266 g/mol. The molecule has 2 unspecified atom stereocenters. The molecule has 1 aliphatic heterocycles. The zero-order chi connectivity index (χ0) is 13.7. The van der Waals surface area contributed by atoms with E-state index >= 15 is 0 Å². The molecule has 0 radical (unpaired) electrons. The van der Waals surface area contributed by atoms with Crippen LogP contribution in [-0.4, -0.2) is 36.5 Å². The Labute approximate surface area is 117 Å². The van der Waals surface area contributed by atoms with Gasteiger partial charge in [-0.05, 0) is 25.7 Å². The summed E-state index contributed by atoms with van der Waals surface area (Å²) < 4.78 is 7.49. The van der Waals surface area contributed by atoms with E-state index in [0.29, 0.717) is 5.92 Å². The Bertz CT molecular complexity index is 341. The highest BCUT2D eigenvalue weighted by atomic mass is 16.5. The third-order valence-electron chi connectivity index (χ3n) is 4.71. The number of methoxy groups -OCH3 is 1. The van der Waals surface area contributed by atoms with Crippen molar-refractivity contribution >= 4 is 11.7 Å². The minimum Gasteiger partial charge on any atom is -0.469 e. The first-order valence-corrected chi connectivity index (χ1v) is 7.91. The van der Waals surface area contributed by atoms with E-state index in [0.717, 1.165) is 6.42 Å². The van der Waals surface area contributed by atoms with E-state index in [9.17, 15) is 4.79 Å². The minimum absolute atomic E-state index is 0.0351. The summed E-state index contributed by atoms with van der Waals surface area (Å²) in [6.45, 7) is 4.48. The van der Waals surface area contributed by atoms with Gasteiger partial charge < -0.3 is 4.74 Å². The van der Waals surface area contributed by atoms with Gasteiger partial charge in [-0.15, -0.1) is 0 Å². The second-order valence-corrected chi connectivity index (χ2v) is 6.14. The van der Waals surface area contributed by atoms with E-state index in [4.69, 9.17) is 4.74 Å². The minimum atomic E-state index is -0.0523. The number of carbonyl (C=O) groups excluding carboxylic acids is 1. The molecular weight excluding hydrogens is 238 g/mol. The predicted octanol–water partition coefficient (Wildman–Crippen LogP) is 3.01. The molecule has 1 saturated heterocycles. The first-order chi connectivity index (χ1) is 9.22. The summed E-state index contributed by atoms with van der Waals surface area (Å²) in [7, 11) is 1.50. The van der Waals surface area contributed by atoms with Gasteiger partial charge in [0.2, 0.25) is 0 Å². The molecule has 2 aliphatic rings. The van der Waals surface area contributed by atoms with Crippen molar-refractivity contribution in [2.75, 3.05) is 20.2 Å². The third-order valence-corrected chi connectivity index (χ3v) is 4.71. The Morgan fingerprint density at radius 3 is 2.68 bits per heavy atom. The molecule has 2 rings (SSSR count). The standard InChI is InChI=1S/C16H28NO2/c1-13(16(18)19-2)12-14-8-4-5-9-15(14)17-10-6-3-7-11-17/h13-14H,3-12H2,1-2H3/q+1. The van der Waals surface area contributed by atoms with Crippen molar-refractivity contribution in [2.24, 2.45) is 11.8 Å². The molecule has 0 spiro atoms. The van der Waals surface area contributed by atoms with Crippen molar-refractivity contribution in [3.05, 3.63) is 0 Å². The van der Waals surface area contributed by atoms with Gasteiger partial charge in [-0.1, -0.05) is 13.3 Å². The maximum Gasteiger partial charge on any atom is 0.308 e. The Morgan fingerprint density at radius 1 is 1.26 bits per heavy atom. The maximum absolute atomic E-state index is 11.6. The molecule has 3 heteroatoms. The summed E-state index contributed by atoms with van der Waals surface area (Å²) in [6, 6.07) is 0. The van der Waals surface area contributed by atoms with E-state index in [2.05, 4.69) is 4.58 Å². The van der Waals surface area contributed by atoms with Crippen molar-refractivity contribution in [3.63, 3.8) is 0 Å². The Kier molecular flexibility index (Phi) is 5.41. The van der Waals surface area contributed by atoms with Crippen LogP contribution in [0.2, 0.25) is 0 Å². The molecule has 0 bridgehead atoms. The Morgan fingerprint density at radius 2 is 2.00 bits per heavy atom. The largest absolute Gasteiger partial charge is 0.469 e. The summed E-state index contributed by atoms with van der Waals surface area (Å²) >= 11 is 0. The molecule has 108 valence electrons. The summed E-state index contributed by atoms with van der Waals surface area (Å²) in [4.78, 5) is 11.6. The highest BCUT2D eigenvalue weighted by Gasteiger charge is 2.31. The number of ether oxygens (including phenoxy) is 1. The van der Waals surface area contributed by atoms with Crippen LogP contribution in [0.1, 0.15) is 58.3 Å². The number of hydrogen-bond acceptors (Lipinski definition) is 2. The molecule has 0 N–H and O–H groups in total. The monoisotopic (exact) mass is 266 g/mol. The van der Waals surface area contributed by atoms with Crippen LogP contribution in [0.5, 0.6) is 0 Å². The number of esters is 1. The van der Waals surface area contributed by atoms with Gasteiger partial charge in [0.05, 0.1) is 13.0 Å². The zero-order valence-corrected chi connectivity index (χ0v) is 12.5. The number of rotatable bonds is 3. The molecule has 3 nitrogen and oxygen atoms in total. The lowest BCUT2D eigenvalue weighted by Gasteiger charge is -2.26. The molecule has 2 atom stereocenters. The predicted molar refractivity (Wildman–Crippen MR) is 76.6 cm³/mol. The molecule has 19 heavy (non-hydrogen) atoms. The van der Waals surface area contributed by atoms with Gasteiger partial charge in [0, 0.05) is 25.2 Å². The van der Waals surface area contributed by atoms with Gasteiger partial charge in [-0.3, -0.25) is 4.79 Å². The van der Waals surface area contributed by atoms with E-state index in [-0.39, 0.29) is 11.9 Å². The lowest BCUT2D eigenvalue weighted by atomic mass is 9.81. The van der Waals surface area contributed by atoms with Gasteiger partial charge in [0.15, 0.2) is 5.71 Å². The molecule has 0 amide bonds. The summed E-state index contributed by atoms with van der Waals surface area (Å²) in [5.74, 6) is 0.595. The second-order valence-electron chi connectivity index (χ2n) is 6.14. The van der Waals surface area contributed by atoms with Gasteiger partial charge in [0.25, 0.3) is 0 Å². The lowest BCUT2D eigenvalue weighted by molar-refractivity contribution is -0.541. The van der Waals surface area contributed by atoms with Crippen molar-refractivity contribution in [3.8, 4) is 0 Å². The van der Waals surface area contributed by atoms with Gasteiger partial charge in [0.1, 0.15) is 13.1 Å². The van der Waals surface area contributed by atoms with Crippen LogP contribution in [-0.2, 0) is 9.53 Å². The van der Waals surface area contributed by atoms with Crippen molar-refractivity contribution in [2.45, 2.75) is 58.3 Å². The number of nitrogens with zero attached hydrogens (tertiary/aromatic N) is 1. The molecule has 1 aliphatic carbocycles. The van der Waals surface area contributed by atoms with Crippen LogP contribution in [0.15, 0.2) is 0 Å². The van der Waals surface area contributed by atoms with E-state index in [1.165, 1.54) is 65.1 Å². The van der Waals surface area contributed by atoms with E-state index in [1.54, 1.807) is 5.71 Å². The molecule has 1 saturated carbocycles. The Balaban J connectivity index is 2.05. The fourth-order valence-corrected chi connectivity index (χ4v) is 3.64. The molecular formula is C16H28NO2+. The molecule has 0 aromatic rings. The third kappa shape index (κ3) is 3.80. The topological polar surface area (TPSA) is 29.3 Å². The lowest BCUT2D eigenvalue weighted by Crippen LogP contribution is -2.35. The fraction of sp³-hybridized carbons (Fsp3) is 0.875. The summed E-state index contributed by atoms with van der Waals surface area (Å²) in [6.07, 6.45) is 10.2.